The van der Waals surface area contributed by atoms with Gasteiger partial charge >= 0.3 is 5.79 Å². The molecule has 2 aliphatic heterocycles. The van der Waals surface area contributed by atoms with E-state index in [4.69, 9.17) is 29.0 Å². The average molecular weight is 341 g/mol. The molecule has 3 unspecified atom stereocenters. The molecule has 0 aromatic heterocycles. The van der Waals surface area contributed by atoms with Gasteiger partial charge in [0.25, 0.3) is 0 Å². The average Bonchev–Trinajstić information content (AvgIpc) is 3.33. The van der Waals surface area contributed by atoms with Crippen molar-refractivity contribution in [2.45, 2.75) is 24.8 Å². The van der Waals surface area contributed by atoms with Gasteiger partial charge in [-0.1, -0.05) is 54.6 Å². The van der Waals surface area contributed by atoms with E-state index in [1.807, 2.05) is 36.4 Å². The van der Waals surface area contributed by atoms with Crippen molar-refractivity contribution in [1.82, 2.24) is 0 Å². The van der Waals surface area contributed by atoms with Crippen molar-refractivity contribution in [2.75, 3.05) is 6.79 Å². The Kier molecular flexibility index (Phi) is 4.46. The fraction of sp³-hybridized carbons (Fsp3) is 0.278. The van der Waals surface area contributed by atoms with Gasteiger partial charge < -0.3 is 4.74 Å². The summed E-state index contributed by atoms with van der Waals surface area (Å²) in [5.74, 6) is -1.61. The Hall–Kier alpha value is -2.31. The van der Waals surface area contributed by atoms with Crippen LogP contribution in [-0.2, 0) is 41.2 Å². The van der Waals surface area contributed by atoms with Crippen LogP contribution in [0.15, 0.2) is 54.6 Å². The number of nitriles is 1. The topological polar surface area (TPSA) is 79.2 Å². The highest BCUT2D eigenvalue weighted by atomic mass is 17.3. The number of nitrogens with zero attached hydrogens (tertiary/aromatic N) is 1. The van der Waals surface area contributed by atoms with Crippen molar-refractivity contribution >= 4 is 0 Å². The molecule has 0 N–H and O–H groups in total. The largest absolute Gasteiger partial charge is 0.320 e. The molecule has 0 bridgehead atoms. The lowest BCUT2D eigenvalue weighted by Gasteiger charge is -2.18. The highest BCUT2D eigenvalue weighted by Crippen LogP contribution is 2.42. The zero-order valence-electron chi connectivity index (χ0n) is 13.2. The smallest absolute Gasteiger partial charge is 0.318 e. The summed E-state index contributed by atoms with van der Waals surface area (Å²) in [7, 11) is 0. The van der Waals surface area contributed by atoms with Crippen LogP contribution in [-0.4, -0.2) is 13.1 Å². The van der Waals surface area contributed by atoms with Crippen molar-refractivity contribution in [3.05, 3.63) is 71.3 Å². The first-order valence-corrected chi connectivity index (χ1v) is 7.77. The predicted octanol–water partition coefficient (Wildman–Crippen LogP) is 2.84. The van der Waals surface area contributed by atoms with Crippen LogP contribution >= 0.6 is 0 Å². The fourth-order valence-corrected chi connectivity index (χ4v) is 2.76. The molecule has 2 aliphatic rings. The van der Waals surface area contributed by atoms with E-state index in [9.17, 15) is 5.26 Å². The molecule has 4 rings (SSSR count). The third-order valence-corrected chi connectivity index (χ3v) is 4.00. The molecule has 2 aromatic rings. The molecular formula is C18H15NO6. The SMILES string of the molecule is N#CC1(c2ccccc2)OOC(c2ccccc2CC2OCOO2)O1. The number of rotatable bonds is 4. The molecule has 128 valence electrons. The molecule has 0 spiro atoms. The highest BCUT2D eigenvalue weighted by Gasteiger charge is 2.47. The lowest BCUT2D eigenvalue weighted by Crippen LogP contribution is -2.25. The van der Waals surface area contributed by atoms with E-state index < -0.39 is 18.4 Å². The summed E-state index contributed by atoms with van der Waals surface area (Å²) in [5.41, 5.74) is 2.18. The molecule has 0 aliphatic carbocycles. The first-order chi connectivity index (χ1) is 12.3. The Morgan fingerprint density at radius 3 is 2.60 bits per heavy atom. The maximum Gasteiger partial charge on any atom is 0.318 e. The Bertz CT molecular complexity index is 771. The molecule has 2 heterocycles. The minimum Gasteiger partial charge on any atom is -0.320 e. The van der Waals surface area contributed by atoms with Crippen LogP contribution in [0.2, 0.25) is 0 Å². The molecule has 7 heteroatoms. The van der Waals surface area contributed by atoms with E-state index in [0.29, 0.717) is 12.0 Å². The lowest BCUT2D eigenvalue weighted by molar-refractivity contribution is -0.321. The minimum atomic E-state index is -1.61. The van der Waals surface area contributed by atoms with Crippen molar-refractivity contribution in [3.8, 4) is 6.07 Å². The molecule has 0 saturated carbocycles. The van der Waals surface area contributed by atoms with Crippen LogP contribution < -0.4 is 0 Å². The van der Waals surface area contributed by atoms with Gasteiger partial charge in [-0.15, -0.1) is 0 Å². The van der Waals surface area contributed by atoms with Gasteiger partial charge in [-0.25, -0.2) is 9.78 Å². The third-order valence-electron chi connectivity index (χ3n) is 4.00. The Labute approximate surface area is 144 Å². The molecule has 3 atom stereocenters. The molecule has 25 heavy (non-hydrogen) atoms. The van der Waals surface area contributed by atoms with E-state index >= 15 is 0 Å². The maximum absolute atomic E-state index is 9.60. The summed E-state index contributed by atoms with van der Waals surface area (Å²) in [4.78, 5) is 20.4. The summed E-state index contributed by atoms with van der Waals surface area (Å²) >= 11 is 0. The molecule has 0 radical (unpaired) electrons. The first kappa shape index (κ1) is 16.2. The zero-order chi connectivity index (χ0) is 17.1. The monoisotopic (exact) mass is 341 g/mol. The zero-order valence-corrected chi connectivity index (χ0v) is 13.2. The summed E-state index contributed by atoms with van der Waals surface area (Å²) in [6, 6.07) is 18.5. The number of hydrogen-bond donors (Lipinski definition) is 0. The summed E-state index contributed by atoms with van der Waals surface area (Å²) in [6.07, 6.45) is -0.902. The lowest BCUT2D eigenvalue weighted by atomic mass is 10.0. The molecular weight excluding hydrogens is 326 g/mol. The van der Waals surface area contributed by atoms with E-state index in [1.165, 1.54) is 0 Å². The van der Waals surface area contributed by atoms with E-state index in [1.54, 1.807) is 24.3 Å². The van der Waals surface area contributed by atoms with E-state index in [-0.39, 0.29) is 6.79 Å². The van der Waals surface area contributed by atoms with Crippen LogP contribution in [0, 0.1) is 11.3 Å². The number of ether oxygens (including phenoxy) is 2. The minimum absolute atomic E-state index is 0.0952. The molecule has 0 amide bonds. The maximum atomic E-state index is 9.60. The number of hydrogen-bond acceptors (Lipinski definition) is 7. The van der Waals surface area contributed by atoms with Crippen molar-refractivity contribution in [1.29, 1.82) is 5.26 Å². The second-order valence-corrected chi connectivity index (χ2v) is 5.55. The van der Waals surface area contributed by atoms with Gasteiger partial charge in [-0.05, 0) is 5.56 Å². The van der Waals surface area contributed by atoms with Crippen molar-refractivity contribution in [2.24, 2.45) is 0 Å². The highest BCUT2D eigenvalue weighted by molar-refractivity contribution is 5.31. The Morgan fingerprint density at radius 1 is 1.04 bits per heavy atom. The fourth-order valence-electron chi connectivity index (χ4n) is 2.76. The van der Waals surface area contributed by atoms with E-state index in [0.717, 1.165) is 11.1 Å². The van der Waals surface area contributed by atoms with Gasteiger partial charge in [0.1, 0.15) is 6.07 Å². The molecule has 7 nitrogen and oxygen atoms in total. The Balaban J connectivity index is 1.58. The predicted molar refractivity (Wildman–Crippen MR) is 81.8 cm³/mol. The normalized spacial score (nSPS) is 28.8. The van der Waals surface area contributed by atoms with Crippen molar-refractivity contribution < 1.29 is 29.0 Å². The van der Waals surface area contributed by atoms with Crippen LogP contribution in [0.5, 0.6) is 0 Å². The van der Waals surface area contributed by atoms with Gasteiger partial charge in [-0.3, -0.25) is 4.74 Å². The van der Waals surface area contributed by atoms with Gasteiger partial charge in [0.15, 0.2) is 13.1 Å². The molecule has 2 fully saturated rings. The Morgan fingerprint density at radius 2 is 1.84 bits per heavy atom. The second-order valence-electron chi connectivity index (χ2n) is 5.55. The third kappa shape index (κ3) is 3.15. The van der Waals surface area contributed by atoms with Crippen LogP contribution in [0.4, 0.5) is 0 Å². The van der Waals surface area contributed by atoms with Gasteiger partial charge in [0.05, 0.1) is 0 Å². The summed E-state index contributed by atoms with van der Waals surface area (Å²) < 4.78 is 11.2. The summed E-state index contributed by atoms with van der Waals surface area (Å²) in [5, 5.41) is 9.60. The van der Waals surface area contributed by atoms with Gasteiger partial charge in [-0.2, -0.15) is 15.0 Å². The van der Waals surface area contributed by atoms with Crippen LogP contribution in [0.1, 0.15) is 23.0 Å². The standard InChI is InChI=1S/C18H15NO6/c19-11-18(14-7-2-1-3-8-14)22-17(24-25-18)15-9-5-4-6-13(15)10-16-20-12-21-23-16/h1-9,16-17H,10,12H2. The van der Waals surface area contributed by atoms with Gasteiger partial charge in [0, 0.05) is 17.5 Å². The van der Waals surface area contributed by atoms with E-state index in [2.05, 4.69) is 0 Å². The van der Waals surface area contributed by atoms with Crippen molar-refractivity contribution in [3.63, 3.8) is 0 Å². The quantitative estimate of drug-likeness (QED) is 0.791. The first-order valence-electron chi connectivity index (χ1n) is 7.77. The molecule has 2 saturated heterocycles. The number of benzene rings is 2. The van der Waals surface area contributed by atoms with Crippen LogP contribution in [0.25, 0.3) is 0 Å². The van der Waals surface area contributed by atoms with Gasteiger partial charge in [0.2, 0.25) is 6.29 Å². The van der Waals surface area contributed by atoms with Crippen LogP contribution in [0.3, 0.4) is 0 Å². The second kappa shape index (κ2) is 6.90. The summed E-state index contributed by atoms with van der Waals surface area (Å²) in [6.45, 7) is 0.0952. The molecule has 2 aromatic carbocycles.